The van der Waals surface area contributed by atoms with Crippen LogP contribution in [0, 0.1) is 0 Å². The van der Waals surface area contributed by atoms with Gasteiger partial charge in [0.05, 0.1) is 4.90 Å². The van der Waals surface area contributed by atoms with E-state index in [4.69, 9.17) is 9.05 Å². The Kier molecular flexibility index (Phi) is 11.5. The Labute approximate surface area is 351 Å². The van der Waals surface area contributed by atoms with E-state index in [0.29, 0.717) is 16.8 Å². The zero-order valence-electron chi connectivity index (χ0n) is 38.9. The fourth-order valence-electron chi connectivity index (χ4n) is 7.49. The van der Waals surface area contributed by atoms with Gasteiger partial charge < -0.3 is 0 Å². The van der Waals surface area contributed by atoms with Crippen molar-refractivity contribution in [3.63, 3.8) is 0 Å². The standard InChI is InChI=1S/C51H70O5PS/c1-46(2,3)34-24-32-26-42(50(13,14)15)44(30-38(32)40(28-34)48(7,8)9)55-57(52,36-20-22-37(23-21-36)58(19,53)54)56-45-31-39-33(27-43(45)51(16,17)18)25-35(47(4,5)6)29-41(39)49(10,11)12/h20-31,52H,1-19H3/q+1. The largest absolute Gasteiger partial charge is 0.533 e. The van der Waals surface area contributed by atoms with Gasteiger partial charge in [-0.25, -0.2) is 8.42 Å². The summed E-state index contributed by atoms with van der Waals surface area (Å²) in [4.78, 5) is 13.4. The van der Waals surface area contributed by atoms with Crippen molar-refractivity contribution in [1.82, 2.24) is 0 Å². The minimum Gasteiger partial charge on any atom is -0.273 e. The van der Waals surface area contributed by atoms with Crippen molar-refractivity contribution >= 4 is 44.6 Å². The molecule has 1 N–H and O–H groups in total. The van der Waals surface area contributed by atoms with E-state index in [9.17, 15) is 13.3 Å². The highest BCUT2D eigenvalue weighted by Crippen LogP contribution is 2.59. The number of sulfone groups is 1. The molecule has 7 heteroatoms. The van der Waals surface area contributed by atoms with E-state index in [0.717, 1.165) is 32.7 Å². The summed E-state index contributed by atoms with van der Waals surface area (Å²) < 4.78 is 39.4. The van der Waals surface area contributed by atoms with Crippen molar-refractivity contribution in [2.24, 2.45) is 0 Å². The molecule has 0 amide bonds. The summed E-state index contributed by atoms with van der Waals surface area (Å²) in [6, 6.07) is 24.1. The van der Waals surface area contributed by atoms with E-state index in [1.54, 1.807) is 12.1 Å². The van der Waals surface area contributed by atoms with Crippen LogP contribution in [0.15, 0.2) is 77.7 Å². The predicted molar refractivity (Wildman–Crippen MR) is 250 cm³/mol. The summed E-state index contributed by atoms with van der Waals surface area (Å²) in [7, 11) is -7.57. The Morgan fingerprint density at radius 1 is 0.448 bits per heavy atom. The summed E-state index contributed by atoms with van der Waals surface area (Å²) in [5, 5.41) is 4.70. The Balaban J connectivity index is 1.87. The van der Waals surface area contributed by atoms with Gasteiger partial charge in [0.25, 0.3) is 0 Å². The molecule has 0 aliphatic rings. The highest BCUT2D eigenvalue weighted by molar-refractivity contribution is 7.90. The van der Waals surface area contributed by atoms with Gasteiger partial charge in [0.2, 0.25) is 5.30 Å². The lowest BCUT2D eigenvalue weighted by atomic mass is 9.76. The summed E-state index contributed by atoms with van der Waals surface area (Å²) >= 11 is 0. The molecule has 0 saturated carbocycles. The summed E-state index contributed by atoms with van der Waals surface area (Å²) in [5.41, 5.74) is 5.51. The number of hydrogen-bond donors (Lipinski definition) is 1. The normalized spacial score (nSPS) is 14.0. The van der Waals surface area contributed by atoms with Gasteiger partial charge in [0.15, 0.2) is 21.3 Å². The quantitative estimate of drug-likeness (QED) is 0.173. The van der Waals surface area contributed by atoms with E-state index in [2.05, 4.69) is 173 Å². The molecule has 0 aromatic heterocycles. The second-order valence-corrected chi connectivity index (χ2v) is 26.6. The van der Waals surface area contributed by atoms with Gasteiger partial charge >= 0.3 is 7.94 Å². The van der Waals surface area contributed by atoms with E-state index in [1.807, 2.05) is 0 Å². The first kappa shape index (κ1) is 45.6. The van der Waals surface area contributed by atoms with Crippen molar-refractivity contribution in [3.05, 3.63) is 106 Å². The van der Waals surface area contributed by atoms with Crippen molar-refractivity contribution in [3.8, 4) is 11.5 Å². The molecule has 0 atom stereocenters. The van der Waals surface area contributed by atoms with Gasteiger partial charge in [0.1, 0.15) is 0 Å². The van der Waals surface area contributed by atoms with Crippen LogP contribution in [0.1, 0.15) is 158 Å². The van der Waals surface area contributed by atoms with Crippen molar-refractivity contribution in [1.29, 1.82) is 0 Å². The third kappa shape index (κ3) is 9.61. The number of benzene rings is 5. The van der Waals surface area contributed by atoms with E-state index in [-0.39, 0.29) is 37.4 Å². The number of hydrogen-bond acceptors (Lipinski definition) is 5. The third-order valence-corrected chi connectivity index (χ3v) is 14.1. The Hall–Kier alpha value is -3.44. The Bertz CT molecular complexity index is 2330. The minimum atomic E-state index is -4.07. The SMILES string of the molecule is CC(C)(C)c1cc(C(C)(C)C)c2cc(O[P+](O)(Oc3cc4c(C(C)(C)C)cc(C(C)(C)C)cc4cc3C(C)(C)C)c3ccc(S(C)(=O)=O)cc3)c(C(C)(C)C)cc2c1. The first-order valence-corrected chi connectivity index (χ1v) is 24.1. The molecule has 5 nitrogen and oxygen atoms in total. The minimum absolute atomic E-state index is 0.0607. The number of rotatable bonds is 6. The van der Waals surface area contributed by atoms with Crippen LogP contribution < -0.4 is 14.4 Å². The van der Waals surface area contributed by atoms with Crippen LogP contribution >= 0.6 is 7.94 Å². The van der Waals surface area contributed by atoms with Crippen molar-refractivity contribution in [2.75, 3.05) is 6.26 Å². The lowest BCUT2D eigenvalue weighted by molar-refractivity contribution is 0.353. The van der Waals surface area contributed by atoms with Crippen LogP contribution in [0.2, 0.25) is 0 Å². The average Bonchev–Trinajstić information content (AvgIpc) is 3.03. The molecule has 0 spiro atoms. The molecule has 0 fully saturated rings. The molecule has 0 bridgehead atoms. The van der Waals surface area contributed by atoms with Crippen LogP contribution in [0.25, 0.3) is 21.5 Å². The summed E-state index contributed by atoms with van der Waals surface area (Å²) in [6.07, 6.45) is 1.18. The van der Waals surface area contributed by atoms with Crippen molar-refractivity contribution < 1.29 is 22.4 Å². The second-order valence-electron chi connectivity index (χ2n) is 22.7. The zero-order valence-corrected chi connectivity index (χ0v) is 40.6. The molecule has 0 unspecified atom stereocenters. The van der Waals surface area contributed by atoms with Crippen LogP contribution in [0.4, 0.5) is 0 Å². The van der Waals surface area contributed by atoms with Gasteiger partial charge in [-0.2, -0.15) is 4.89 Å². The zero-order chi connectivity index (χ0) is 44.0. The second kappa shape index (κ2) is 14.6. The fourth-order valence-corrected chi connectivity index (χ4v) is 9.73. The lowest BCUT2D eigenvalue weighted by Gasteiger charge is -2.30. The maximum Gasteiger partial charge on any atom is 0.533 e. The maximum absolute atomic E-state index is 13.3. The molecule has 0 aliphatic carbocycles. The summed E-state index contributed by atoms with van der Waals surface area (Å²) in [6.45, 7) is 39.7. The van der Waals surface area contributed by atoms with Crippen LogP contribution in [0.5, 0.6) is 11.5 Å². The van der Waals surface area contributed by atoms with Gasteiger partial charge in [-0.3, -0.25) is 9.05 Å². The highest BCUT2D eigenvalue weighted by atomic mass is 32.2. The van der Waals surface area contributed by atoms with Gasteiger partial charge in [-0.1, -0.05) is 149 Å². The first-order chi connectivity index (χ1) is 26.0. The summed E-state index contributed by atoms with van der Waals surface area (Å²) in [5.74, 6) is 1.06. The lowest BCUT2D eigenvalue weighted by Crippen LogP contribution is -2.25. The van der Waals surface area contributed by atoms with E-state index >= 15 is 0 Å². The molecular formula is C51H70O5PS+. The fraction of sp³-hybridized carbons (Fsp3) is 0.490. The molecule has 314 valence electrons. The molecule has 0 saturated heterocycles. The molecule has 5 aromatic rings. The predicted octanol–water partition coefficient (Wildman–Crippen LogP) is 13.7. The van der Waals surface area contributed by atoms with E-state index < -0.39 is 17.8 Å². The molecule has 5 aromatic carbocycles. The number of fused-ring (bicyclic) bond motifs is 2. The van der Waals surface area contributed by atoms with E-state index in [1.165, 1.54) is 40.6 Å². The van der Waals surface area contributed by atoms with Gasteiger partial charge in [-0.05, 0) is 125 Å². The monoisotopic (exact) mass is 825 g/mol. The average molecular weight is 826 g/mol. The van der Waals surface area contributed by atoms with Gasteiger partial charge in [-0.15, -0.1) is 0 Å². The van der Waals surface area contributed by atoms with Gasteiger partial charge in [0, 0.05) is 17.4 Å². The molecule has 0 radical (unpaired) electrons. The molecule has 0 heterocycles. The van der Waals surface area contributed by atoms with Crippen LogP contribution in [-0.4, -0.2) is 19.6 Å². The topological polar surface area (TPSA) is 72.8 Å². The third-order valence-electron chi connectivity index (χ3n) is 11.1. The molecule has 5 rings (SSSR count). The molecular weight excluding hydrogens is 756 g/mol. The van der Waals surface area contributed by atoms with Crippen molar-refractivity contribution in [2.45, 2.75) is 162 Å². The van der Waals surface area contributed by atoms with Crippen LogP contribution in [-0.2, 0) is 42.3 Å². The highest BCUT2D eigenvalue weighted by Gasteiger charge is 2.50. The Morgan fingerprint density at radius 2 is 0.776 bits per heavy atom. The maximum atomic E-state index is 13.3. The molecule has 0 aliphatic heterocycles. The van der Waals surface area contributed by atoms with Crippen LogP contribution in [0.3, 0.4) is 0 Å². The molecule has 58 heavy (non-hydrogen) atoms. The Morgan fingerprint density at radius 3 is 1.05 bits per heavy atom. The smallest absolute Gasteiger partial charge is 0.273 e. The first-order valence-electron chi connectivity index (χ1n) is 20.6.